The van der Waals surface area contributed by atoms with E-state index in [-0.39, 0.29) is 24.3 Å². The summed E-state index contributed by atoms with van der Waals surface area (Å²) in [7, 11) is 0. The monoisotopic (exact) mass is 383 g/mol. The van der Waals surface area contributed by atoms with Crippen LogP contribution < -0.4 is 16.8 Å². The van der Waals surface area contributed by atoms with Crippen molar-refractivity contribution in [1.29, 1.82) is 0 Å². The van der Waals surface area contributed by atoms with Gasteiger partial charge in [-0.3, -0.25) is 14.4 Å². The molecule has 0 aliphatic carbocycles. The van der Waals surface area contributed by atoms with Crippen molar-refractivity contribution < 1.29 is 34.5 Å². The lowest BCUT2D eigenvalue weighted by Gasteiger charge is -2.17. The van der Waals surface area contributed by atoms with Crippen LogP contribution in [0.5, 0.6) is 0 Å². The van der Waals surface area contributed by atoms with Crippen molar-refractivity contribution >= 4 is 47.3 Å². The largest absolute Gasteiger partial charge is 0.481 e. The molecule has 0 aromatic heterocycles. The first-order valence-electron chi connectivity index (χ1n) is 6.79. The van der Waals surface area contributed by atoms with Gasteiger partial charge in [-0.1, -0.05) is 0 Å². The van der Waals surface area contributed by atoms with Gasteiger partial charge in [0.2, 0.25) is 5.91 Å². The fourth-order valence-corrected chi connectivity index (χ4v) is 3.43. The van der Waals surface area contributed by atoms with Crippen molar-refractivity contribution in [3.63, 3.8) is 0 Å². The molecule has 0 radical (unpaired) electrons. The number of amides is 1. The Kier molecular flexibility index (Phi) is 11.2. The molecular formula is C12H21N3O7S2. The SMILES string of the molecule is NC(CSCSCC(NC(=O)C(N)CCC(=O)O)C(=O)O)C(=O)O. The van der Waals surface area contributed by atoms with E-state index in [2.05, 4.69) is 5.32 Å². The third-order valence-corrected chi connectivity index (χ3v) is 5.18. The van der Waals surface area contributed by atoms with E-state index in [9.17, 15) is 19.2 Å². The average Bonchev–Trinajstić information content (AvgIpc) is 2.50. The molecule has 0 aromatic rings. The van der Waals surface area contributed by atoms with Crippen molar-refractivity contribution in [2.45, 2.75) is 31.0 Å². The van der Waals surface area contributed by atoms with E-state index < -0.39 is 41.9 Å². The van der Waals surface area contributed by atoms with Crippen molar-refractivity contribution in [3.8, 4) is 0 Å². The fraction of sp³-hybridized carbons (Fsp3) is 0.667. The highest BCUT2D eigenvalue weighted by Crippen LogP contribution is 2.14. The van der Waals surface area contributed by atoms with E-state index in [4.69, 9.17) is 26.8 Å². The van der Waals surface area contributed by atoms with Crippen molar-refractivity contribution in [1.82, 2.24) is 5.32 Å². The molecule has 0 saturated carbocycles. The molecule has 138 valence electrons. The minimum Gasteiger partial charge on any atom is -0.481 e. The third kappa shape index (κ3) is 10.3. The van der Waals surface area contributed by atoms with Gasteiger partial charge in [-0.25, -0.2) is 4.79 Å². The Bertz CT molecular complexity index is 464. The zero-order valence-electron chi connectivity index (χ0n) is 12.7. The Hall–Kier alpha value is -1.50. The molecule has 0 aliphatic heterocycles. The molecule has 8 N–H and O–H groups in total. The molecule has 24 heavy (non-hydrogen) atoms. The van der Waals surface area contributed by atoms with Crippen LogP contribution in [-0.4, -0.2) is 73.9 Å². The Balaban J connectivity index is 4.17. The molecule has 3 atom stereocenters. The summed E-state index contributed by atoms with van der Waals surface area (Å²) in [4.78, 5) is 43.8. The second-order valence-corrected chi connectivity index (χ2v) is 7.17. The van der Waals surface area contributed by atoms with Gasteiger partial charge in [0.1, 0.15) is 12.1 Å². The van der Waals surface area contributed by atoms with Gasteiger partial charge in [-0.05, 0) is 6.42 Å². The van der Waals surface area contributed by atoms with Crippen LogP contribution in [-0.2, 0) is 19.2 Å². The highest BCUT2D eigenvalue weighted by Gasteiger charge is 2.23. The van der Waals surface area contributed by atoms with Crippen LogP contribution in [0.3, 0.4) is 0 Å². The first-order chi connectivity index (χ1) is 11.1. The number of carbonyl (C=O) groups is 4. The number of hydrogen-bond donors (Lipinski definition) is 6. The zero-order valence-corrected chi connectivity index (χ0v) is 14.3. The summed E-state index contributed by atoms with van der Waals surface area (Å²) in [5.74, 6) is -3.94. The number of aliphatic carboxylic acids is 3. The van der Waals surface area contributed by atoms with E-state index in [1.165, 1.54) is 23.5 Å². The molecular weight excluding hydrogens is 362 g/mol. The highest BCUT2D eigenvalue weighted by atomic mass is 32.2. The van der Waals surface area contributed by atoms with Crippen LogP contribution in [0, 0.1) is 0 Å². The molecule has 0 rings (SSSR count). The number of hydrogen-bond acceptors (Lipinski definition) is 8. The predicted molar refractivity (Wildman–Crippen MR) is 89.8 cm³/mol. The summed E-state index contributed by atoms with van der Waals surface area (Å²) in [6.45, 7) is 0. The zero-order chi connectivity index (χ0) is 18.7. The first-order valence-corrected chi connectivity index (χ1v) is 9.10. The topological polar surface area (TPSA) is 193 Å². The Morgan fingerprint density at radius 3 is 2.00 bits per heavy atom. The quantitative estimate of drug-likeness (QED) is 0.161. The highest BCUT2D eigenvalue weighted by molar-refractivity contribution is 8.16. The molecule has 0 spiro atoms. The van der Waals surface area contributed by atoms with Crippen LogP contribution in [0.4, 0.5) is 0 Å². The van der Waals surface area contributed by atoms with Crippen molar-refractivity contribution in [3.05, 3.63) is 0 Å². The lowest BCUT2D eigenvalue weighted by Crippen LogP contribution is -2.49. The minimum absolute atomic E-state index is 0.0576. The van der Waals surface area contributed by atoms with Crippen LogP contribution in [0.1, 0.15) is 12.8 Å². The van der Waals surface area contributed by atoms with Gasteiger partial charge in [0.15, 0.2) is 0 Å². The third-order valence-electron chi connectivity index (χ3n) is 2.69. The maximum absolute atomic E-state index is 11.7. The molecule has 0 aromatic carbocycles. The molecule has 0 bridgehead atoms. The van der Waals surface area contributed by atoms with Gasteiger partial charge >= 0.3 is 17.9 Å². The van der Waals surface area contributed by atoms with E-state index in [1.807, 2.05) is 0 Å². The second kappa shape index (κ2) is 11.9. The Labute approximate surface area is 146 Å². The Morgan fingerprint density at radius 2 is 1.50 bits per heavy atom. The van der Waals surface area contributed by atoms with Gasteiger partial charge in [0, 0.05) is 23.0 Å². The molecule has 3 unspecified atom stereocenters. The molecule has 1 amide bonds. The normalized spacial score (nSPS) is 14.4. The van der Waals surface area contributed by atoms with Crippen LogP contribution in [0.2, 0.25) is 0 Å². The maximum atomic E-state index is 11.7. The van der Waals surface area contributed by atoms with E-state index in [1.54, 1.807) is 0 Å². The molecule has 12 heteroatoms. The number of nitrogens with two attached hydrogens (primary N) is 2. The standard InChI is InChI=1S/C12H21N3O7S2/c13-6(1-2-9(16)17)10(18)15-8(12(21)22)4-24-5-23-3-7(14)11(19)20/h6-8H,1-5,13-14H2,(H,15,18)(H,16,17)(H,19,20)(H,21,22). The number of nitrogens with one attached hydrogen (secondary N) is 1. The number of carbonyl (C=O) groups excluding carboxylic acids is 1. The summed E-state index contributed by atoms with van der Waals surface area (Å²) in [6.07, 6.45) is -0.384. The minimum atomic E-state index is -1.24. The summed E-state index contributed by atoms with van der Waals surface area (Å²) in [5, 5.41) is 28.9. The van der Waals surface area contributed by atoms with Crippen molar-refractivity contribution in [2.75, 3.05) is 16.6 Å². The number of rotatable bonds is 13. The first kappa shape index (κ1) is 22.5. The molecule has 0 aliphatic rings. The molecule has 10 nitrogen and oxygen atoms in total. The Morgan fingerprint density at radius 1 is 0.917 bits per heavy atom. The summed E-state index contributed by atoms with van der Waals surface area (Å²) >= 11 is 2.44. The van der Waals surface area contributed by atoms with E-state index in [0.717, 1.165) is 0 Å². The fourth-order valence-electron chi connectivity index (χ4n) is 1.33. The summed E-state index contributed by atoms with van der Waals surface area (Å²) in [6, 6.07) is -3.26. The predicted octanol–water partition coefficient (Wildman–Crippen LogP) is -1.42. The maximum Gasteiger partial charge on any atom is 0.327 e. The van der Waals surface area contributed by atoms with Gasteiger partial charge in [0.05, 0.1) is 6.04 Å². The number of thioether (sulfide) groups is 2. The van der Waals surface area contributed by atoms with Gasteiger partial charge in [-0.15, -0.1) is 23.5 Å². The number of carboxylic acids is 3. The van der Waals surface area contributed by atoms with Crippen molar-refractivity contribution in [2.24, 2.45) is 11.5 Å². The lowest BCUT2D eigenvalue weighted by molar-refractivity contribution is -0.141. The van der Waals surface area contributed by atoms with Gasteiger partial charge in [-0.2, -0.15) is 0 Å². The summed E-state index contributed by atoms with van der Waals surface area (Å²) in [5.41, 5.74) is 10.8. The molecule has 0 heterocycles. The van der Waals surface area contributed by atoms with E-state index >= 15 is 0 Å². The molecule has 0 fully saturated rings. The average molecular weight is 383 g/mol. The molecule has 0 saturated heterocycles. The van der Waals surface area contributed by atoms with Gasteiger partial charge < -0.3 is 32.1 Å². The lowest BCUT2D eigenvalue weighted by atomic mass is 10.1. The number of carboxylic acid groups (broad SMARTS) is 3. The summed E-state index contributed by atoms with van der Waals surface area (Å²) < 4.78 is 0. The van der Waals surface area contributed by atoms with Crippen LogP contribution >= 0.6 is 23.5 Å². The smallest absolute Gasteiger partial charge is 0.327 e. The van der Waals surface area contributed by atoms with Gasteiger partial charge in [0.25, 0.3) is 0 Å². The van der Waals surface area contributed by atoms with Crippen LogP contribution in [0.25, 0.3) is 0 Å². The second-order valence-electron chi connectivity index (χ2n) is 4.74. The van der Waals surface area contributed by atoms with Crippen LogP contribution in [0.15, 0.2) is 0 Å². The van der Waals surface area contributed by atoms with E-state index in [0.29, 0.717) is 5.08 Å².